The zero-order chi connectivity index (χ0) is 20.9. The van der Waals surface area contributed by atoms with Gasteiger partial charge in [-0.1, -0.05) is 121 Å². The molecule has 0 atom stereocenters. The van der Waals surface area contributed by atoms with Gasteiger partial charge in [-0.2, -0.15) is 0 Å². The summed E-state index contributed by atoms with van der Waals surface area (Å²) in [6.45, 7) is 6.51. The molecule has 30 heavy (non-hydrogen) atoms. The molecule has 4 heteroatoms. The molecule has 178 valence electrons. The number of carbonyl (C=O) groups is 1. The van der Waals surface area contributed by atoms with E-state index in [1.165, 1.54) is 94.6 Å². The quantitative estimate of drug-likeness (QED) is 0.250. The number of aryl methyl sites for hydroxylation is 2. The molecule has 0 bridgehead atoms. The first kappa shape index (κ1) is 33.6. The van der Waals surface area contributed by atoms with Gasteiger partial charge in [-0.3, -0.25) is 4.79 Å². The van der Waals surface area contributed by atoms with Crippen molar-refractivity contribution in [2.75, 3.05) is 0 Å². The Kier molecular flexibility index (Phi) is 29.1. The lowest BCUT2D eigenvalue weighted by atomic mass is 10.0. The standard InChI is InChI=1S/C18H36O2.C8H10.ClH.H3N/c1-2-3-4-5-6-7-8-9-10-11-12-13-14-15-16-17-18(19)20;1-7-5-3-4-6-8(7)2;;/h2-17H2,1H3,(H,19,20);3-6H,1-2H3;1H;1H3. The van der Waals surface area contributed by atoms with E-state index < -0.39 is 5.97 Å². The molecule has 0 spiro atoms. The summed E-state index contributed by atoms with van der Waals surface area (Å²) in [6.07, 6.45) is 20.2. The monoisotopic (exact) mass is 443 g/mol. The highest BCUT2D eigenvalue weighted by molar-refractivity contribution is 5.85. The Morgan fingerprint density at radius 3 is 1.23 bits per heavy atom. The molecular formula is C26H50ClNO2. The van der Waals surface area contributed by atoms with Crippen LogP contribution in [0.4, 0.5) is 0 Å². The predicted octanol–water partition coefficient (Wildman–Crippen LogP) is 9.22. The summed E-state index contributed by atoms with van der Waals surface area (Å²) in [5.74, 6) is -0.653. The topological polar surface area (TPSA) is 72.3 Å². The van der Waals surface area contributed by atoms with Crippen LogP contribution in [-0.2, 0) is 4.79 Å². The van der Waals surface area contributed by atoms with Gasteiger partial charge in [0.25, 0.3) is 0 Å². The van der Waals surface area contributed by atoms with E-state index in [1.807, 2.05) is 0 Å². The maximum atomic E-state index is 10.3. The number of hydrogen-bond donors (Lipinski definition) is 2. The van der Waals surface area contributed by atoms with Crippen LogP contribution in [0.2, 0.25) is 0 Å². The van der Waals surface area contributed by atoms with E-state index in [2.05, 4.69) is 45.0 Å². The summed E-state index contributed by atoms with van der Waals surface area (Å²) in [5.41, 5.74) is 2.74. The molecule has 0 saturated heterocycles. The van der Waals surface area contributed by atoms with Crippen molar-refractivity contribution in [1.82, 2.24) is 6.15 Å². The fourth-order valence-electron chi connectivity index (χ4n) is 3.31. The van der Waals surface area contributed by atoms with Gasteiger partial charge in [0.2, 0.25) is 0 Å². The zero-order valence-corrected chi connectivity index (χ0v) is 20.9. The van der Waals surface area contributed by atoms with Crippen LogP contribution >= 0.6 is 12.4 Å². The molecule has 1 aromatic carbocycles. The first-order valence-corrected chi connectivity index (χ1v) is 11.8. The Bertz CT molecular complexity index is 459. The molecule has 0 aromatic heterocycles. The van der Waals surface area contributed by atoms with E-state index in [-0.39, 0.29) is 18.6 Å². The highest BCUT2D eigenvalue weighted by atomic mass is 35.5. The number of carboxylic acid groups (broad SMARTS) is 1. The van der Waals surface area contributed by atoms with Crippen molar-refractivity contribution < 1.29 is 9.90 Å². The van der Waals surface area contributed by atoms with E-state index in [1.54, 1.807) is 0 Å². The van der Waals surface area contributed by atoms with Crippen LogP contribution in [0.1, 0.15) is 121 Å². The first-order chi connectivity index (χ1) is 13.6. The van der Waals surface area contributed by atoms with Crippen molar-refractivity contribution in [2.45, 2.75) is 124 Å². The van der Waals surface area contributed by atoms with Crippen LogP contribution in [0.15, 0.2) is 24.3 Å². The Morgan fingerprint density at radius 1 is 0.667 bits per heavy atom. The lowest BCUT2D eigenvalue weighted by Crippen LogP contribution is -1.93. The third-order valence-corrected chi connectivity index (χ3v) is 5.42. The van der Waals surface area contributed by atoms with Gasteiger partial charge in [0.05, 0.1) is 0 Å². The Morgan fingerprint density at radius 2 is 0.967 bits per heavy atom. The van der Waals surface area contributed by atoms with Crippen LogP contribution in [0.3, 0.4) is 0 Å². The number of halogens is 1. The van der Waals surface area contributed by atoms with E-state index >= 15 is 0 Å². The molecule has 0 saturated carbocycles. The van der Waals surface area contributed by atoms with Gasteiger partial charge >= 0.3 is 5.97 Å². The number of carboxylic acids is 1. The maximum Gasteiger partial charge on any atom is 0.303 e. The minimum atomic E-state index is -0.653. The summed E-state index contributed by atoms with van der Waals surface area (Å²) < 4.78 is 0. The van der Waals surface area contributed by atoms with Crippen molar-refractivity contribution in [3.8, 4) is 0 Å². The molecule has 1 aromatic rings. The van der Waals surface area contributed by atoms with Crippen molar-refractivity contribution in [3.05, 3.63) is 35.4 Å². The van der Waals surface area contributed by atoms with Gasteiger partial charge in [-0.05, 0) is 31.4 Å². The van der Waals surface area contributed by atoms with Gasteiger partial charge in [0.15, 0.2) is 0 Å². The van der Waals surface area contributed by atoms with Crippen LogP contribution in [0.25, 0.3) is 0 Å². The molecule has 3 nitrogen and oxygen atoms in total. The van der Waals surface area contributed by atoms with Crippen LogP contribution in [0.5, 0.6) is 0 Å². The van der Waals surface area contributed by atoms with Gasteiger partial charge in [-0.15, -0.1) is 12.4 Å². The number of hydrogen-bond acceptors (Lipinski definition) is 2. The Balaban J connectivity index is -0.000000611. The SMILES string of the molecule is CCCCCCCCCCCCCCCCCC(=O)O.Cc1ccccc1C.Cl.N. The van der Waals surface area contributed by atoms with Crippen LogP contribution in [-0.4, -0.2) is 11.1 Å². The van der Waals surface area contributed by atoms with Crippen molar-refractivity contribution >= 4 is 18.4 Å². The Hall–Kier alpha value is -1.06. The van der Waals surface area contributed by atoms with Crippen molar-refractivity contribution in [3.63, 3.8) is 0 Å². The number of rotatable bonds is 16. The molecule has 0 aliphatic heterocycles. The molecule has 1 rings (SSSR count). The van der Waals surface area contributed by atoms with Crippen LogP contribution in [0, 0.1) is 13.8 Å². The molecule has 0 amide bonds. The number of benzene rings is 1. The van der Waals surface area contributed by atoms with Gasteiger partial charge in [0, 0.05) is 6.42 Å². The highest BCUT2D eigenvalue weighted by Gasteiger charge is 1.97. The first-order valence-electron chi connectivity index (χ1n) is 11.8. The van der Waals surface area contributed by atoms with E-state index in [9.17, 15) is 4.79 Å². The second kappa shape index (κ2) is 26.0. The van der Waals surface area contributed by atoms with E-state index in [0.29, 0.717) is 6.42 Å². The van der Waals surface area contributed by atoms with E-state index in [4.69, 9.17) is 5.11 Å². The summed E-state index contributed by atoms with van der Waals surface area (Å²) in [7, 11) is 0. The lowest BCUT2D eigenvalue weighted by Gasteiger charge is -2.03. The fourth-order valence-corrected chi connectivity index (χ4v) is 3.31. The third-order valence-electron chi connectivity index (χ3n) is 5.42. The molecule has 0 fully saturated rings. The summed E-state index contributed by atoms with van der Waals surface area (Å²) in [4.78, 5) is 10.3. The molecule has 0 heterocycles. The van der Waals surface area contributed by atoms with Gasteiger partial charge in [-0.25, -0.2) is 0 Å². The molecule has 4 N–H and O–H groups in total. The summed E-state index contributed by atoms with van der Waals surface area (Å²) >= 11 is 0. The largest absolute Gasteiger partial charge is 0.481 e. The smallest absolute Gasteiger partial charge is 0.303 e. The molecule has 0 aliphatic carbocycles. The van der Waals surface area contributed by atoms with Crippen molar-refractivity contribution in [2.24, 2.45) is 0 Å². The number of unbranched alkanes of at least 4 members (excludes halogenated alkanes) is 14. The molecule has 0 radical (unpaired) electrons. The Labute approximate surface area is 193 Å². The maximum absolute atomic E-state index is 10.3. The minimum absolute atomic E-state index is 0. The fraction of sp³-hybridized carbons (Fsp3) is 0.731. The summed E-state index contributed by atoms with van der Waals surface area (Å²) in [5, 5.41) is 8.52. The van der Waals surface area contributed by atoms with Gasteiger partial charge in [0.1, 0.15) is 0 Å². The van der Waals surface area contributed by atoms with E-state index in [0.717, 1.165) is 12.8 Å². The molecule has 0 aliphatic rings. The lowest BCUT2D eigenvalue weighted by molar-refractivity contribution is -0.137. The van der Waals surface area contributed by atoms with Gasteiger partial charge < -0.3 is 11.3 Å². The highest BCUT2D eigenvalue weighted by Crippen LogP contribution is 2.13. The second-order valence-electron chi connectivity index (χ2n) is 8.18. The summed E-state index contributed by atoms with van der Waals surface area (Å²) in [6, 6.07) is 8.36. The predicted molar refractivity (Wildman–Crippen MR) is 135 cm³/mol. The third kappa shape index (κ3) is 25.0. The average Bonchev–Trinajstić information content (AvgIpc) is 2.67. The normalized spacial score (nSPS) is 9.70. The number of aliphatic carboxylic acids is 1. The second-order valence-corrected chi connectivity index (χ2v) is 8.18. The molecule has 0 unspecified atom stereocenters. The van der Waals surface area contributed by atoms with Crippen molar-refractivity contribution in [1.29, 1.82) is 0 Å². The van der Waals surface area contributed by atoms with Crippen LogP contribution < -0.4 is 6.15 Å². The molecular weight excluding hydrogens is 394 g/mol. The minimum Gasteiger partial charge on any atom is -0.481 e. The zero-order valence-electron chi connectivity index (χ0n) is 20.1. The average molecular weight is 444 g/mol.